The summed E-state index contributed by atoms with van der Waals surface area (Å²) >= 11 is 3.32. The topological polar surface area (TPSA) is 17.1 Å². The molecule has 0 aromatic heterocycles. The zero-order valence-corrected chi connectivity index (χ0v) is 9.49. The summed E-state index contributed by atoms with van der Waals surface area (Å²) in [5, 5.41) is 0. The Kier molecular flexibility index (Phi) is 2.97. The van der Waals surface area contributed by atoms with Crippen LogP contribution in [0.5, 0.6) is 0 Å². The fourth-order valence-corrected chi connectivity index (χ4v) is 1.78. The lowest BCUT2D eigenvalue weighted by atomic mass is 10.0. The molecule has 0 N–H and O–H groups in total. The molecule has 2 aromatic carbocycles. The molecule has 73 valence electrons. The summed E-state index contributed by atoms with van der Waals surface area (Å²) in [4.78, 5) is 12.0. The maximum absolute atomic E-state index is 12.0. The second kappa shape index (κ2) is 4.41. The summed E-state index contributed by atoms with van der Waals surface area (Å²) in [6, 6.07) is 17.5. The zero-order valence-electron chi connectivity index (χ0n) is 7.91. The molecule has 15 heavy (non-hydrogen) atoms. The third kappa shape index (κ3) is 2.16. The number of ketones is 1. The van der Waals surface area contributed by atoms with Gasteiger partial charge in [0.15, 0.2) is 5.78 Å². The van der Waals surface area contributed by atoms with Gasteiger partial charge >= 0.3 is 0 Å². The van der Waals surface area contributed by atoms with Crippen molar-refractivity contribution in [2.75, 3.05) is 0 Å². The average molecular weight is 260 g/mol. The van der Waals surface area contributed by atoms with Crippen LogP contribution in [0.4, 0.5) is 0 Å². The van der Waals surface area contributed by atoms with Gasteiger partial charge in [0.2, 0.25) is 0 Å². The van der Waals surface area contributed by atoms with E-state index in [1.807, 2.05) is 30.3 Å². The highest BCUT2D eigenvalue weighted by molar-refractivity contribution is 9.10. The minimum Gasteiger partial charge on any atom is -0.289 e. The van der Waals surface area contributed by atoms with Crippen LogP contribution in [-0.2, 0) is 0 Å². The molecule has 0 atom stereocenters. The first-order valence-corrected chi connectivity index (χ1v) is 5.34. The highest BCUT2D eigenvalue weighted by Gasteiger charge is 2.10. The maximum Gasteiger partial charge on any atom is 0.194 e. The molecule has 0 aliphatic carbocycles. The molecule has 0 unspecified atom stereocenters. The van der Waals surface area contributed by atoms with E-state index >= 15 is 0 Å². The molecule has 0 heterocycles. The molecule has 0 amide bonds. The van der Waals surface area contributed by atoms with E-state index in [-0.39, 0.29) is 5.78 Å². The Bertz CT molecular complexity index is 477. The van der Waals surface area contributed by atoms with Gasteiger partial charge in [-0.2, -0.15) is 0 Å². The van der Waals surface area contributed by atoms with Crippen molar-refractivity contribution in [1.82, 2.24) is 0 Å². The van der Waals surface area contributed by atoms with E-state index in [0.29, 0.717) is 15.6 Å². The van der Waals surface area contributed by atoms with Crippen molar-refractivity contribution in [2.45, 2.75) is 0 Å². The van der Waals surface area contributed by atoms with E-state index in [1.165, 1.54) is 0 Å². The van der Waals surface area contributed by atoms with E-state index in [2.05, 4.69) is 22.0 Å². The quantitative estimate of drug-likeness (QED) is 0.755. The Labute approximate surface area is 96.9 Å². The zero-order chi connectivity index (χ0) is 10.7. The van der Waals surface area contributed by atoms with E-state index in [9.17, 15) is 4.79 Å². The summed E-state index contributed by atoms with van der Waals surface area (Å²) < 4.78 is 0.707. The van der Waals surface area contributed by atoms with Gasteiger partial charge in [-0.15, -0.1) is 0 Å². The second-order valence-corrected chi connectivity index (χ2v) is 3.89. The summed E-state index contributed by atoms with van der Waals surface area (Å²) in [6.07, 6.45) is 0. The second-order valence-electron chi connectivity index (χ2n) is 3.09. The molecule has 0 bridgehead atoms. The predicted molar refractivity (Wildman–Crippen MR) is 62.9 cm³/mol. The summed E-state index contributed by atoms with van der Waals surface area (Å²) in [5.41, 5.74) is 1.33. The molecule has 0 spiro atoms. The number of rotatable bonds is 2. The Morgan fingerprint density at radius 3 is 2.47 bits per heavy atom. The predicted octanol–water partition coefficient (Wildman–Crippen LogP) is 3.48. The molecule has 2 aromatic rings. The van der Waals surface area contributed by atoms with Crippen molar-refractivity contribution in [3.05, 3.63) is 70.2 Å². The lowest BCUT2D eigenvalue weighted by molar-refractivity contribution is 0.103. The van der Waals surface area contributed by atoms with Crippen molar-refractivity contribution in [3.63, 3.8) is 0 Å². The summed E-state index contributed by atoms with van der Waals surface area (Å²) in [5.74, 6) is 0.0133. The minimum absolute atomic E-state index is 0.0133. The Morgan fingerprint density at radius 1 is 1.07 bits per heavy atom. The Hall–Kier alpha value is -1.41. The van der Waals surface area contributed by atoms with Gasteiger partial charge in [-0.3, -0.25) is 4.79 Å². The molecule has 1 nitrogen and oxygen atoms in total. The van der Waals surface area contributed by atoms with Crippen LogP contribution in [0, 0.1) is 6.07 Å². The lowest BCUT2D eigenvalue weighted by Crippen LogP contribution is -2.01. The van der Waals surface area contributed by atoms with Crippen LogP contribution < -0.4 is 0 Å². The molecule has 1 radical (unpaired) electrons. The average Bonchev–Trinajstić information content (AvgIpc) is 2.30. The highest BCUT2D eigenvalue weighted by Crippen LogP contribution is 2.18. The van der Waals surface area contributed by atoms with Gasteiger partial charge in [0.25, 0.3) is 0 Å². The van der Waals surface area contributed by atoms with Crippen molar-refractivity contribution < 1.29 is 4.79 Å². The lowest BCUT2D eigenvalue weighted by Gasteiger charge is -2.02. The van der Waals surface area contributed by atoms with E-state index in [1.54, 1.807) is 18.2 Å². The van der Waals surface area contributed by atoms with Crippen LogP contribution in [-0.4, -0.2) is 5.78 Å². The van der Waals surface area contributed by atoms with Gasteiger partial charge in [-0.1, -0.05) is 42.5 Å². The number of hydrogen-bond acceptors (Lipinski definition) is 1. The number of carbonyl (C=O) groups is 1. The van der Waals surface area contributed by atoms with E-state index in [4.69, 9.17) is 0 Å². The van der Waals surface area contributed by atoms with Gasteiger partial charge < -0.3 is 0 Å². The molecule has 2 heteroatoms. The van der Waals surface area contributed by atoms with Crippen LogP contribution in [0.25, 0.3) is 0 Å². The first-order valence-electron chi connectivity index (χ1n) is 4.55. The van der Waals surface area contributed by atoms with Crippen LogP contribution in [0.15, 0.2) is 53.0 Å². The molecule has 2 rings (SSSR count). The molecular formula is C13H8BrO. The van der Waals surface area contributed by atoms with Crippen molar-refractivity contribution in [2.24, 2.45) is 0 Å². The summed E-state index contributed by atoms with van der Waals surface area (Å²) in [6.45, 7) is 0. The minimum atomic E-state index is 0.0133. The van der Waals surface area contributed by atoms with Crippen LogP contribution >= 0.6 is 15.9 Å². The van der Waals surface area contributed by atoms with Gasteiger partial charge in [0.1, 0.15) is 0 Å². The van der Waals surface area contributed by atoms with Crippen LogP contribution in [0.2, 0.25) is 0 Å². The molecule has 0 saturated carbocycles. The Morgan fingerprint density at radius 2 is 1.80 bits per heavy atom. The molecule has 0 aliphatic heterocycles. The fraction of sp³-hybridized carbons (Fsp3) is 0. The fourth-order valence-electron chi connectivity index (χ4n) is 1.34. The molecule has 0 saturated heterocycles. The van der Waals surface area contributed by atoms with Gasteiger partial charge in [0.05, 0.1) is 0 Å². The number of hydrogen-bond donors (Lipinski definition) is 0. The standard InChI is InChI=1S/C13H8BrO/c14-12-9-5-4-8-11(12)13(15)10-6-2-1-3-7-10/h1-8H. The smallest absolute Gasteiger partial charge is 0.194 e. The number of carbonyl (C=O) groups excluding carboxylic acids is 1. The van der Waals surface area contributed by atoms with Crippen molar-refractivity contribution in [3.8, 4) is 0 Å². The largest absolute Gasteiger partial charge is 0.289 e. The van der Waals surface area contributed by atoms with Gasteiger partial charge in [-0.25, -0.2) is 0 Å². The normalized spacial score (nSPS) is 9.93. The van der Waals surface area contributed by atoms with E-state index < -0.39 is 0 Å². The van der Waals surface area contributed by atoms with Gasteiger partial charge in [-0.05, 0) is 28.1 Å². The number of halogens is 1. The van der Waals surface area contributed by atoms with Crippen LogP contribution in [0.3, 0.4) is 0 Å². The van der Waals surface area contributed by atoms with Crippen molar-refractivity contribution >= 4 is 21.7 Å². The molecular weight excluding hydrogens is 252 g/mol. The monoisotopic (exact) mass is 259 g/mol. The van der Waals surface area contributed by atoms with Crippen LogP contribution in [0.1, 0.15) is 15.9 Å². The first kappa shape index (κ1) is 10.1. The molecule has 0 aliphatic rings. The highest BCUT2D eigenvalue weighted by atomic mass is 79.9. The van der Waals surface area contributed by atoms with E-state index in [0.717, 1.165) is 0 Å². The first-order chi connectivity index (χ1) is 7.29. The Balaban J connectivity index is 2.42. The SMILES string of the molecule is O=C(c1ccccc1)c1ccc[c]c1Br. The van der Waals surface area contributed by atoms with Gasteiger partial charge in [0, 0.05) is 15.6 Å². The summed E-state index contributed by atoms with van der Waals surface area (Å²) in [7, 11) is 0. The third-order valence-corrected chi connectivity index (χ3v) is 2.74. The maximum atomic E-state index is 12.0. The van der Waals surface area contributed by atoms with Crippen molar-refractivity contribution in [1.29, 1.82) is 0 Å². The third-order valence-electron chi connectivity index (χ3n) is 2.09. The number of benzene rings is 2. The molecule has 0 fully saturated rings.